The van der Waals surface area contributed by atoms with Gasteiger partial charge in [-0.2, -0.15) is 0 Å². The minimum Gasteiger partial charge on any atom is -0.491 e. The SMILES string of the molecule is CC1(C)CCCN1Cc1cccc(OC[C@@H](O)CN2CCOCC2)c1. The lowest BCUT2D eigenvalue weighted by molar-refractivity contribution is 0.00464. The van der Waals surface area contributed by atoms with Gasteiger partial charge in [-0.05, 0) is 50.9 Å². The van der Waals surface area contributed by atoms with E-state index in [2.05, 4.69) is 35.8 Å². The van der Waals surface area contributed by atoms with Crippen LogP contribution in [0.3, 0.4) is 0 Å². The first-order valence-electron chi connectivity index (χ1n) is 9.48. The molecule has 1 N–H and O–H groups in total. The molecule has 0 unspecified atom stereocenters. The number of nitrogens with zero attached hydrogens (tertiary/aromatic N) is 2. The molecule has 1 atom stereocenters. The Labute approximate surface area is 151 Å². The normalized spacial score (nSPS) is 22.8. The van der Waals surface area contributed by atoms with E-state index in [9.17, 15) is 5.11 Å². The summed E-state index contributed by atoms with van der Waals surface area (Å²) in [4.78, 5) is 4.77. The van der Waals surface area contributed by atoms with E-state index in [1.165, 1.54) is 18.4 Å². The van der Waals surface area contributed by atoms with Crippen LogP contribution in [0.4, 0.5) is 0 Å². The first kappa shape index (κ1) is 18.6. The average molecular weight is 348 g/mol. The van der Waals surface area contributed by atoms with Gasteiger partial charge < -0.3 is 14.6 Å². The molecule has 25 heavy (non-hydrogen) atoms. The van der Waals surface area contributed by atoms with Gasteiger partial charge in [-0.3, -0.25) is 9.80 Å². The van der Waals surface area contributed by atoms with Crippen LogP contribution >= 0.6 is 0 Å². The minimum absolute atomic E-state index is 0.283. The Morgan fingerprint density at radius 2 is 2.04 bits per heavy atom. The Balaban J connectivity index is 1.48. The molecule has 1 aromatic carbocycles. The summed E-state index contributed by atoms with van der Waals surface area (Å²) in [6, 6.07) is 8.28. The Morgan fingerprint density at radius 1 is 1.24 bits per heavy atom. The van der Waals surface area contributed by atoms with Gasteiger partial charge >= 0.3 is 0 Å². The van der Waals surface area contributed by atoms with E-state index in [4.69, 9.17) is 9.47 Å². The number of likely N-dealkylation sites (tertiary alicyclic amines) is 1. The van der Waals surface area contributed by atoms with Crippen molar-refractivity contribution in [1.29, 1.82) is 0 Å². The maximum Gasteiger partial charge on any atom is 0.119 e. The number of hydrogen-bond acceptors (Lipinski definition) is 5. The molecule has 2 fully saturated rings. The maximum absolute atomic E-state index is 10.2. The fraction of sp³-hybridized carbons (Fsp3) is 0.700. The lowest BCUT2D eigenvalue weighted by atomic mass is 10.0. The zero-order valence-corrected chi connectivity index (χ0v) is 15.6. The van der Waals surface area contributed by atoms with Crippen molar-refractivity contribution in [3.63, 3.8) is 0 Å². The summed E-state index contributed by atoms with van der Waals surface area (Å²) < 4.78 is 11.2. The quantitative estimate of drug-likeness (QED) is 0.818. The van der Waals surface area contributed by atoms with E-state index in [1.54, 1.807) is 0 Å². The molecule has 1 aromatic rings. The second kappa shape index (κ2) is 8.49. The van der Waals surface area contributed by atoms with Gasteiger partial charge in [0.05, 0.1) is 13.2 Å². The van der Waals surface area contributed by atoms with Crippen molar-refractivity contribution in [2.75, 3.05) is 46.0 Å². The number of aliphatic hydroxyl groups excluding tert-OH is 1. The molecule has 0 aliphatic carbocycles. The predicted molar refractivity (Wildman–Crippen MR) is 98.9 cm³/mol. The summed E-state index contributed by atoms with van der Waals surface area (Å²) in [5.41, 5.74) is 1.56. The Morgan fingerprint density at radius 3 is 2.76 bits per heavy atom. The maximum atomic E-state index is 10.2. The van der Waals surface area contributed by atoms with Gasteiger partial charge in [0.25, 0.3) is 0 Å². The number of ether oxygens (including phenoxy) is 2. The van der Waals surface area contributed by atoms with Gasteiger partial charge in [-0.25, -0.2) is 0 Å². The Kier molecular flexibility index (Phi) is 6.34. The monoisotopic (exact) mass is 348 g/mol. The van der Waals surface area contributed by atoms with E-state index in [0.717, 1.165) is 45.1 Å². The van der Waals surface area contributed by atoms with Crippen molar-refractivity contribution in [3.8, 4) is 5.75 Å². The van der Waals surface area contributed by atoms with Crippen LogP contribution in [0.1, 0.15) is 32.3 Å². The highest BCUT2D eigenvalue weighted by Crippen LogP contribution is 2.30. The minimum atomic E-state index is -0.473. The third-order valence-corrected chi connectivity index (χ3v) is 5.36. The fourth-order valence-electron chi connectivity index (χ4n) is 3.74. The van der Waals surface area contributed by atoms with Gasteiger partial charge in [-0.15, -0.1) is 0 Å². The van der Waals surface area contributed by atoms with E-state index in [0.29, 0.717) is 13.2 Å². The van der Waals surface area contributed by atoms with Crippen LogP contribution in [-0.2, 0) is 11.3 Å². The van der Waals surface area contributed by atoms with Crippen LogP contribution in [0, 0.1) is 0 Å². The van der Waals surface area contributed by atoms with Gasteiger partial charge in [0.1, 0.15) is 18.5 Å². The summed E-state index contributed by atoms with van der Waals surface area (Å²) in [6.45, 7) is 11.0. The summed E-state index contributed by atoms with van der Waals surface area (Å²) in [6.07, 6.45) is 2.06. The molecular formula is C20H32N2O3. The molecular weight excluding hydrogens is 316 g/mol. The number of aliphatic hydroxyl groups is 1. The molecule has 0 aromatic heterocycles. The molecule has 0 saturated carbocycles. The lowest BCUT2D eigenvalue weighted by Gasteiger charge is -2.31. The van der Waals surface area contributed by atoms with Gasteiger partial charge in [0.15, 0.2) is 0 Å². The van der Waals surface area contributed by atoms with E-state index in [-0.39, 0.29) is 5.54 Å². The highest BCUT2D eigenvalue weighted by Gasteiger charge is 2.31. The molecule has 0 spiro atoms. The molecule has 2 aliphatic heterocycles. The molecule has 0 amide bonds. The first-order chi connectivity index (χ1) is 12.0. The zero-order valence-electron chi connectivity index (χ0n) is 15.6. The van der Waals surface area contributed by atoms with Crippen LogP contribution in [0.15, 0.2) is 24.3 Å². The first-order valence-corrected chi connectivity index (χ1v) is 9.48. The topological polar surface area (TPSA) is 45.2 Å². The van der Waals surface area contributed by atoms with Crippen LogP contribution in [0.5, 0.6) is 5.75 Å². The summed E-state index contributed by atoms with van der Waals surface area (Å²) >= 11 is 0. The largest absolute Gasteiger partial charge is 0.491 e. The number of benzene rings is 1. The summed E-state index contributed by atoms with van der Waals surface area (Å²) in [5.74, 6) is 0.843. The average Bonchev–Trinajstić information content (AvgIpc) is 2.93. The highest BCUT2D eigenvalue weighted by atomic mass is 16.5. The third kappa shape index (κ3) is 5.42. The lowest BCUT2D eigenvalue weighted by Crippen LogP contribution is -2.42. The molecule has 3 rings (SSSR count). The standard InChI is InChI=1S/C20H32N2O3/c1-20(2)7-4-8-22(20)14-17-5-3-6-19(13-17)25-16-18(23)15-21-9-11-24-12-10-21/h3,5-6,13,18,23H,4,7-12,14-16H2,1-2H3/t18-/m0/s1. The molecule has 5 heteroatoms. The molecule has 140 valence electrons. The van der Waals surface area contributed by atoms with Crippen LogP contribution in [0.2, 0.25) is 0 Å². The second-order valence-electron chi connectivity index (χ2n) is 7.86. The second-order valence-corrected chi connectivity index (χ2v) is 7.86. The van der Waals surface area contributed by atoms with Crippen molar-refractivity contribution < 1.29 is 14.6 Å². The fourth-order valence-corrected chi connectivity index (χ4v) is 3.74. The van der Waals surface area contributed by atoms with Crippen molar-refractivity contribution in [3.05, 3.63) is 29.8 Å². The van der Waals surface area contributed by atoms with Crippen LogP contribution < -0.4 is 4.74 Å². The molecule has 0 radical (unpaired) electrons. The smallest absolute Gasteiger partial charge is 0.119 e. The van der Waals surface area contributed by atoms with Gasteiger partial charge in [0.2, 0.25) is 0 Å². The molecule has 0 bridgehead atoms. The number of rotatable bonds is 7. The number of morpholine rings is 1. The molecule has 2 aliphatic rings. The van der Waals surface area contributed by atoms with Crippen molar-refractivity contribution in [2.45, 2.75) is 44.9 Å². The van der Waals surface area contributed by atoms with Crippen LogP contribution in [-0.4, -0.2) is 72.5 Å². The Hall–Kier alpha value is -1.14. The van der Waals surface area contributed by atoms with E-state index >= 15 is 0 Å². The van der Waals surface area contributed by atoms with E-state index in [1.807, 2.05) is 12.1 Å². The third-order valence-electron chi connectivity index (χ3n) is 5.36. The van der Waals surface area contributed by atoms with Gasteiger partial charge in [0, 0.05) is 31.7 Å². The van der Waals surface area contributed by atoms with E-state index < -0.39 is 6.10 Å². The summed E-state index contributed by atoms with van der Waals surface area (Å²) in [5, 5.41) is 10.2. The molecule has 2 heterocycles. The van der Waals surface area contributed by atoms with Crippen molar-refractivity contribution in [2.24, 2.45) is 0 Å². The number of β-amino-alcohol motifs (C(OH)–C–C–N with tert-alkyl or cyclic N) is 1. The Bertz CT molecular complexity index is 543. The summed E-state index contributed by atoms with van der Waals surface area (Å²) in [7, 11) is 0. The van der Waals surface area contributed by atoms with Gasteiger partial charge in [-0.1, -0.05) is 12.1 Å². The van der Waals surface area contributed by atoms with Crippen molar-refractivity contribution in [1.82, 2.24) is 9.80 Å². The van der Waals surface area contributed by atoms with Crippen LogP contribution in [0.25, 0.3) is 0 Å². The van der Waals surface area contributed by atoms with Crippen molar-refractivity contribution >= 4 is 0 Å². The highest BCUT2D eigenvalue weighted by molar-refractivity contribution is 5.28. The number of hydrogen-bond donors (Lipinski definition) is 1. The molecule has 5 nitrogen and oxygen atoms in total. The predicted octanol–water partition coefficient (Wildman–Crippen LogP) is 2.13. The zero-order chi connectivity index (χ0) is 17.7. The molecule has 2 saturated heterocycles.